The number of benzene rings is 3. The number of rotatable bonds is 6. The maximum absolute atomic E-state index is 13.0. The molecule has 2 N–H and O–H groups in total. The van der Waals surface area contributed by atoms with Crippen LogP contribution in [0.15, 0.2) is 78.9 Å². The second-order valence-electron chi connectivity index (χ2n) is 8.05. The van der Waals surface area contributed by atoms with Crippen molar-refractivity contribution in [3.63, 3.8) is 0 Å². The van der Waals surface area contributed by atoms with Crippen LogP contribution in [0, 0.1) is 11.7 Å². The van der Waals surface area contributed by atoms with Gasteiger partial charge in [0.1, 0.15) is 5.82 Å². The minimum atomic E-state index is -0.408. The third-order valence-electron chi connectivity index (χ3n) is 5.70. The number of amides is 3. The summed E-state index contributed by atoms with van der Waals surface area (Å²) in [4.78, 5) is 39.1. The molecule has 0 saturated carbocycles. The second kappa shape index (κ2) is 9.65. The van der Waals surface area contributed by atoms with E-state index in [-0.39, 0.29) is 30.2 Å². The van der Waals surface area contributed by atoms with Crippen molar-refractivity contribution in [3.05, 3.63) is 95.8 Å². The smallest absolute Gasteiger partial charge is 0.255 e. The molecule has 1 saturated heterocycles. The number of carbonyl (C=O) groups is 3. The molecule has 0 spiro atoms. The Kier molecular flexibility index (Phi) is 6.49. The topological polar surface area (TPSA) is 78.5 Å². The van der Waals surface area contributed by atoms with Crippen molar-refractivity contribution in [1.82, 2.24) is 5.32 Å². The van der Waals surface area contributed by atoms with Crippen molar-refractivity contribution >= 4 is 29.1 Å². The summed E-state index contributed by atoms with van der Waals surface area (Å²) in [5, 5.41) is 5.74. The maximum Gasteiger partial charge on any atom is 0.255 e. The highest BCUT2D eigenvalue weighted by molar-refractivity contribution is 6.04. The van der Waals surface area contributed by atoms with E-state index in [1.165, 1.54) is 24.3 Å². The van der Waals surface area contributed by atoms with Crippen LogP contribution >= 0.6 is 0 Å². The number of nitrogens with zero attached hydrogens (tertiary/aromatic N) is 1. The van der Waals surface area contributed by atoms with E-state index in [1.807, 2.05) is 49.4 Å². The SMILES string of the molecule is CC(NC(=O)C1CC(=O)N(c2ccccc2)C1)c1ccc(NC(=O)c2ccc(F)cc2)cc1. The quantitative estimate of drug-likeness (QED) is 0.594. The van der Waals surface area contributed by atoms with E-state index in [0.717, 1.165) is 11.3 Å². The van der Waals surface area contributed by atoms with Crippen LogP contribution in [0.2, 0.25) is 0 Å². The summed E-state index contributed by atoms with van der Waals surface area (Å²) in [6.07, 6.45) is 0.182. The van der Waals surface area contributed by atoms with Crippen LogP contribution in [0.1, 0.15) is 35.3 Å². The van der Waals surface area contributed by atoms with Gasteiger partial charge in [0, 0.05) is 29.9 Å². The van der Waals surface area contributed by atoms with Crippen molar-refractivity contribution in [2.75, 3.05) is 16.8 Å². The van der Waals surface area contributed by atoms with E-state index in [2.05, 4.69) is 10.6 Å². The second-order valence-corrected chi connectivity index (χ2v) is 8.05. The van der Waals surface area contributed by atoms with E-state index < -0.39 is 11.7 Å². The van der Waals surface area contributed by atoms with E-state index in [4.69, 9.17) is 0 Å². The molecule has 3 amide bonds. The first-order valence-corrected chi connectivity index (χ1v) is 10.7. The Hall–Kier alpha value is -4.00. The molecule has 0 aromatic heterocycles. The van der Waals surface area contributed by atoms with Gasteiger partial charge < -0.3 is 15.5 Å². The summed E-state index contributed by atoms with van der Waals surface area (Å²) in [5.41, 5.74) is 2.61. The van der Waals surface area contributed by atoms with Crippen molar-refractivity contribution < 1.29 is 18.8 Å². The molecule has 33 heavy (non-hydrogen) atoms. The highest BCUT2D eigenvalue weighted by atomic mass is 19.1. The molecular formula is C26H24FN3O3. The van der Waals surface area contributed by atoms with Crippen LogP contribution in [-0.2, 0) is 9.59 Å². The fourth-order valence-electron chi connectivity index (χ4n) is 3.81. The molecule has 1 heterocycles. The zero-order valence-electron chi connectivity index (χ0n) is 18.1. The van der Waals surface area contributed by atoms with Crippen LogP contribution in [0.5, 0.6) is 0 Å². The molecule has 168 valence electrons. The average Bonchev–Trinajstić information content (AvgIpc) is 3.22. The van der Waals surface area contributed by atoms with Crippen LogP contribution in [-0.4, -0.2) is 24.3 Å². The molecule has 3 aromatic carbocycles. The number of carbonyl (C=O) groups excluding carboxylic acids is 3. The van der Waals surface area contributed by atoms with Gasteiger partial charge in [-0.2, -0.15) is 0 Å². The van der Waals surface area contributed by atoms with Gasteiger partial charge >= 0.3 is 0 Å². The molecule has 0 bridgehead atoms. The Morgan fingerprint density at radius 1 is 0.970 bits per heavy atom. The van der Waals surface area contributed by atoms with E-state index in [9.17, 15) is 18.8 Å². The number of hydrogen-bond donors (Lipinski definition) is 2. The Morgan fingerprint density at radius 3 is 2.30 bits per heavy atom. The van der Waals surface area contributed by atoms with Gasteiger partial charge in [0.05, 0.1) is 12.0 Å². The Labute approximate surface area is 191 Å². The van der Waals surface area contributed by atoms with Crippen LogP contribution in [0.25, 0.3) is 0 Å². The molecule has 4 rings (SSSR count). The fourth-order valence-corrected chi connectivity index (χ4v) is 3.81. The van der Waals surface area contributed by atoms with E-state index >= 15 is 0 Å². The van der Waals surface area contributed by atoms with Gasteiger partial charge in [-0.15, -0.1) is 0 Å². The normalized spacial score (nSPS) is 16.4. The van der Waals surface area contributed by atoms with Crippen molar-refractivity contribution in [3.8, 4) is 0 Å². The summed E-state index contributed by atoms with van der Waals surface area (Å²) in [7, 11) is 0. The summed E-state index contributed by atoms with van der Waals surface area (Å²) in [5.74, 6) is -1.37. The minimum absolute atomic E-state index is 0.0600. The first kappa shape index (κ1) is 22.2. The molecule has 2 atom stereocenters. The van der Waals surface area contributed by atoms with Gasteiger partial charge in [0.15, 0.2) is 0 Å². The Bertz CT molecular complexity index is 1150. The van der Waals surface area contributed by atoms with Crippen LogP contribution in [0.3, 0.4) is 0 Å². The van der Waals surface area contributed by atoms with Gasteiger partial charge in [-0.25, -0.2) is 4.39 Å². The fraction of sp³-hybridized carbons (Fsp3) is 0.192. The zero-order chi connectivity index (χ0) is 23.4. The molecule has 0 aliphatic carbocycles. The molecular weight excluding hydrogens is 421 g/mol. The minimum Gasteiger partial charge on any atom is -0.349 e. The standard InChI is InChI=1S/C26H24FN3O3/c1-17(28-26(33)20-15-24(31)30(16-20)23-5-3-2-4-6-23)18-9-13-22(14-10-18)29-25(32)19-7-11-21(27)12-8-19/h2-14,17,20H,15-16H2,1H3,(H,28,33)(H,29,32). The van der Waals surface area contributed by atoms with E-state index in [1.54, 1.807) is 17.0 Å². The summed E-state index contributed by atoms with van der Waals surface area (Å²) in [6.45, 7) is 2.23. The monoisotopic (exact) mass is 445 g/mol. The predicted molar refractivity (Wildman–Crippen MR) is 124 cm³/mol. The van der Waals surface area contributed by atoms with Crippen molar-refractivity contribution in [1.29, 1.82) is 0 Å². The van der Waals surface area contributed by atoms with Gasteiger partial charge in [-0.05, 0) is 61.0 Å². The number of anilines is 2. The lowest BCUT2D eigenvalue weighted by Crippen LogP contribution is -2.34. The first-order chi connectivity index (χ1) is 15.9. The predicted octanol–water partition coefficient (Wildman–Crippen LogP) is 4.31. The number of halogens is 1. The number of nitrogens with one attached hydrogen (secondary N) is 2. The van der Waals surface area contributed by atoms with Crippen molar-refractivity contribution in [2.45, 2.75) is 19.4 Å². The third kappa shape index (κ3) is 5.26. The lowest BCUT2D eigenvalue weighted by atomic mass is 10.0. The molecule has 2 unspecified atom stereocenters. The molecule has 6 nitrogen and oxygen atoms in total. The molecule has 1 aliphatic heterocycles. The van der Waals surface area contributed by atoms with Crippen molar-refractivity contribution in [2.24, 2.45) is 5.92 Å². The largest absolute Gasteiger partial charge is 0.349 e. The summed E-state index contributed by atoms with van der Waals surface area (Å²) >= 11 is 0. The average molecular weight is 445 g/mol. The van der Waals surface area contributed by atoms with Gasteiger partial charge in [0.25, 0.3) is 5.91 Å². The lowest BCUT2D eigenvalue weighted by molar-refractivity contribution is -0.126. The maximum atomic E-state index is 13.0. The van der Waals surface area contributed by atoms with E-state index in [0.29, 0.717) is 17.8 Å². The Balaban J connectivity index is 1.33. The third-order valence-corrected chi connectivity index (χ3v) is 5.70. The lowest BCUT2D eigenvalue weighted by Gasteiger charge is -2.19. The molecule has 3 aromatic rings. The first-order valence-electron chi connectivity index (χ1n) is 10.7. The zero-order valence-corrected chi connectivity index (χ0v) is 18.1. The Morgan fingerprint density at radius 2 is 1.64 bits per heavy atom. The number of hydrogen-bond acceptors (Lipinski definition) is 3. The number of para-hydroxylation sites is 1. The van der Waals surface area contributed by atoms with Gasteiger partial charge in [-0.1, -0.05) is 30.3 Å². The summed E-state index contributed by atoms with van der Waals surface area (Å²) in [6, 6.07) is 21.5. The van der Waals surface area contributed by atoms with Gasteiger partial charge in [-0.3, -0.25) is 14.4 Å². The van der Waals surface area contributed by atoms with Crippen LogP contribution in [0.4, 0.5) is 15.8 Å². The van der Waals surface area contributed by atoms with Gasteiger partial charge in [0.2, 0.25) is 11.8 Å². The molecule has 7 heteroatoms. The van der Waals surface area contributed by atoms with Crippen LogP contribution < -0.4 is 15.5 Å². The molecule has 1 aliphatic rings. The highest BCUT2D eigenvalue weighted by Gasteiger charge is 2.35. The highest BCUT2D eigenvalue weighted by Crippen LogP contribution is 2.26. The summed E-state index contributed by atoms with van der Waals surface area (Å²) < 4.78 is 13.0. The molecule has 1 fully saturated rings. The molecule has 0 radical (unpaired) electrons.